The number of nitrogens with zero attached hydrogens (tertiary/aromatic N) is 1. The lowest BCUT2D eigenvalue weighted by Gasteiger charge is -2.38. The lowest BCUT2D eigenvalue weighted by molar-refractivity contribution is -0.0357. The van der Waals surface area contributed by atoms with Crippen LogP contribution in [-0.4, -0.2) is 54.5 Å². The molecule has 1 saturated heterocycles. The van der Waals surface area contributed by atoms with Crippen molar-refractivity contribution in [3.8, 4) is 0 Å². The van der Waals surface area contributed by atoms with Gasteiger partial charge in [-0.25, -0.2) is 4.79 Å². The SMILES string of the molecule is CC1CCC(NC(C)CC2COCCN2C(=O)OC(C)(C)C)C1. The quantitative estimate of drug-likeness (QED) is 0.862. The summed E-state index contributed by atoms with van der Waals surface area (Å²) in [5, 5.41) is 3.73. The van der Waals surface area contributed by atoms with E-state index in [-0.39, 0.29) is 12.1 Å². The van der Waals surface area contributed by atoms with Gasteiger partial charge < -0.3 is 19.7 Å². The molecule has 0 aromatic rings. The molecule has 4 atom stereocenters. The number of rotatable bonds is 4. The molecule has 2 fully saturated rings. The second kappa shape index (κ2) is 7.84. The minimum atomic E-state index is -0.455. The minimum Gasteiger partial charge on any atom is -0.444 e. The van der Waals surface area contributed by atoms with Crippen LogP contribution in [0.15, 0.2) is 0 Å². The van der Waals surface area contributed by atoms with Crippen molar-refractivity contribution in [2.75, 3.05) is 19.8 Å². The molecule has 1 saturated carbocycles. The van der Waals surface area contributed by atoms with Gasteiger partial charge in [-0.15, -0.1) is 0 Å². The van der Waals surface area contributed by atoms with E-state index in [1.165, 1.54) is 19.3 Å². The van der Waals surface area contributed by atoms with Gasteiger partial charge in [-0.1, -0.05) is 6.92 Å². The number of hydrogen-bond donors (Lipinski definition) is 1. The molecular formula is C18H34N2O3. The molecule has 1 amide bonds. The van der Waals surface area contributed by atoms with Gasteiger partial charge in [0.05, 0.1) is 19.3 Å². The van der Waals surface area contributed by atoms with Crippen LogP contribution in [0, 0.1) is 5.92 Å². The summed E-state index contributed by atoms with van der Waals surface area (Å²) in [5.74, 6) is 0.830. The highest BCUT2D eigenvalue weighted by Gasteiger charge is 2.32. The first-order chi connectivity index (χ1) is 10.7. The monoisotopic (exact) mass is 326 g/mol. The van der Waals surface area contributed by atoms with Gasteiger partial charge in [0.15, 0.2) is 0 Å². The average molecular weight is 326 g/mol. The zero-order valence-corrected chi connectivity index (χ0v) is 15.4. The number of carbonyl (C=O) groups excluding carboxylic acids is 1. The first-order valence-corrected chi connectivity index (χ1v) is 9.08. The molecule has 2 aliphatic rings. The van der Waals surface area contributed by atoms with E-state index in [1.54, 1.807) is 0 Å². The van der Waals surface area contributed by atoms with E-state index >= 15 is 0 Å². The standard InChI is InChI=1S/C18H34N2O3/c1-13-6-7-15(10-13)19-14(2)11-16-12-22-9-8-20(16)17(21)23-18(3,4)5/h13-16,19H,6-12H2,1-5H3. The Balaban J connectivity index is 1.86. The Hall–Kier alpha value is -0.810. The second-order valence-corrected chi connectivity index (χ2v) is 8.32. The molecule has 0 radical (unpaired) electrons. The lowest BCUT2D eigenvalue weighted by atomic mass is 10.0. The number of amides is 1. The maximum absolute atomic E-state index is 12.4. The van der Waals surface area contributed by atoms with Crippen LogP contribution in [-0.2, 0) is 9.47 Å². The molecule has 2 rings (SSSR count). The van der Waals surface area contributed by atoms with Crippen molar-refractivity contribution >= 4 is 6.09 Å². The molecule has 1 aliphatic carbocycles. The predicted octanol–water partition coefficient (Wildman–Crippen LogP) is 3.18. The normalized spacial score (nSPS) is 30.3. The number of hydrogen-bond acceptors (Lipinski definition) is 4. The summed E-state index contributed by atoms with van der Waals surface area (Å²) in [6.07, 6.45) is 4.54. The first-order valence-electron chi connectivity index (χ1n) is 9.08. The maximum atomic E-state index is 12.4. The predicted molar refractivity (Wildman–Crippen MR) is 91.6 cm³/mol. The van der Waals surface area contributed by atoms with E-state index in [4.69, 9.17) is 9.47 Å². The molecular weight excluding hydrogens is 292 g/mol. The highest BCUT2D eigenvalue weighted by molar-refractivity contribution is 5.68. The Kier molecular flexibility index (Phi) is 6.32. The molecule has 23 heavy (non-hydrogen) atoms. The Bertz CT molecular complexity index is 394. The Morgan fingerprint density at radius 2 is 2.13 bits per heavy atom. The Morgan fingerprint density at radius 3 is 2.74 bits per heavy atom. The molecule has 0 spiro atoms. The van der Waals surface area contributed by atoms with Crippen molar-refractivity contribution in [3.63, 3.8) is 0 Å². The van der Waals surface area contributed by atoms with Crippen LogP contribution in [0.3, 0.4) is 0 Å². The number of nitrogens with one attached hydrogen (secondary N) is 1. The summed E-state index contributed by atoms with van der Waals surface area (Å²) >= 11 is 0. The van der Waals surface area contributed by atoms with Gasteiger partial charge in [0.2, 0.25) is 0 Å². The molecule has 5 heteroatoms. The maximum Gasteiger partial charge on any atom is 0.410 e. The fraction of sp³-hybridized carbons (Fsp3) is 0.944. The van der Waals surface area contributed by atoms with Crippen LogP contribution in [0.1, 0.15) is 60.3 Å². The molecule has 0 aromatic heterocycles. The van der Waals surface area contributed by atoms with Gasteiger partial charge in [0, 0.05) is 18.6 Å². The topological polar surface area (TPSA) is 50.8 Å². The molecule has 0 bridgehead atoms. The second-order valence-electron chi connectivity index (χ2n) is 8.32. The minimum absolute atomic E-state index is 0.0972. The number of carbonyl (C=O) groups is 1. The van der Waals surface area contributed by atoms with Crippen LogP contribution >= 0.6 is 0 Å². The smallest absolute Gasteiger partial charge is 0.410 e. The van der Waals surface area contributed by atoms with E-state index in [0.29, 0.717) is 31.8 Å². The number of morpholine rings is 1. The van der Waals surface area contributed by atoms with Gasteiger partial charge in [-0.05, 0) is 59.3 Å². The average Bonchev–Trinajstić information content (AvgIpc) is 2.82. The van der Waals surface area contributed by atoms with Crippen LogP contribution in [0.5, 0.6) is 0 Å². The summed E-state index contributed by atoms with van der Waals surface area (Å²) in [5.41, 5.74) is -0.455. The third-order valence-electron chi connectivity index (χ3n) is 4.70. The van der Waals surface area contributed by atoms with E-state index in [0.717, 1.165) is 12.3 Å². The third-order valence-corrected chi connectivity index (χ3v) is 4.70. The zero-order valence-electron chi connectivity index (χ0n) is 15.4. The largest absolute Gasteiger partial charge is 0.444 e. The fourth-order valence-electron chi connectivity index (χ4n) is 3.65. The van der Waals surface area contributed by atoms with E-state index in [2.05, 4.69) is 19.2 Å². The van der Waals surface area contributed by atoms with Gasteiger partial charge in [0.25, 0.3) is 0 Å². The van der Waals surface area contributed by atoms with Gasteiger partial charge in [0.1, 0.15) is 5.60 Å². The van der Waals surface area contributed by atoms with Crippen molar-refractivity contribution in [1.29, 1.82) is 0 Å². The third kappa shape index (κ3) is 5.96. The molecule has 1 aliphatic heterocycles. The Labute approximate surface area is 141 Å². The Morgan fingerprint density at radius 1 is 1.39 bits per heavy atom. The van der Waals surface area contributed by atoms with Gasteiger partial charge >= 0.3 is 6.09 Å². The van der Waals surface area contributed by atoms with Crippen LogP contribution in [0.25, 0.3) is 0 Å². The van der Waals surface area contributed by atoms with Gasteiger partial charge in [-0.3, -0.25) is 0 Å². The number of ether oxygens (including phenoxy) is 2. The van der Waals surface area contributed by atoms with Crippen molar-refractivity contribution in [1.82, 2.24) is 10.2 Å². The van der Waals surface area contributed by atoms with Crippen LogP contribution < -0.4 is 5.32 Å². The highest BCUT2D eigenvalue weighted by Crippen LogP contribution is 2.25. The molecule has 1 heterocycles. The van der Waals surface area contributed by atoms with Gasteiger partial charge in [-0.2, -0.15) is 0 Å². The molecule has 0 aromatic carbocycles. The van der Waals surface area contributed by atoms with Crippen LogP contribution in [0.2, 0.25) is 0 Å². The molecule has 1 N–H and O–H groups in total. The fourth-order valence-corrected chi connectivity index (χ4v) is 3.65. The highest BCUT2D eigenvalue weighted by atomic mass is 16.6. The summed E-state index contributed by atoms with van der Waals surface area (Å²) in [6.45, 7) is 12.1. The van der Waals surface area contributed by atoms with E-state index in [1.807, 2.05) is 25.7 Å². The van der Waals surface area contributed by atoms with Crippen molar-refractivity contribution in [2.24, 2.45) is 5.92 Å². The first kappa shape index (κ1) is 18.5. The van der Waals surface area contributed by atoms with Crippen molar-refractivity contribution in [3.05, 3.63) is 0 Å². The lowest BCUT2D eigenvalue weighted by Crippen LogP contribution is -2.52. The molecule has 134 valence electrons. The summed E-state index contributed by atoms with van der Waals surface area (Å²) in [7, 11) is 0. The van der Waals surface area contributed by atoms with Crippen LogP contribution in [0.4, 0.5) is 4.79 Å². The van der Waals surface area contributed by atoms with Crippen molar-refractivity contribution in [2.45, 2.75) is 84.0 Å². The zero-order chi connectivity index (χ0) is 17.0. The van der Waals surface area contributed by atoms with E-state index < -0.39 is 5.60 Å². The molecule has 5 nitrogen and oxygen atoms in total. The van der Waals surface area contributed by atoms with Crippen molar-refractivity contribution < 1.29 is 14.3 Å². The summed E-state index contributed by atoms with van der Waals surface area (Å²) in [4.78, 5) is 14.3. The van der Waals surface area contributed by atoms with E-state index in [9.17, 15) is 4.79 Å². The summed E-state index contributed by atoms with van der Waals surface area (Å²) < 4.78 is 11.2. The molecule has 4 unspecified atom stereocenters. The summed E-state index contributed by atoms with van der Waals surface area (Å²) in [6, 6.07) is 1.10.